The van der Waals surface area contributed by atoms with Crippen molar-refractivity contribution in [3.8, 4) is 0 Å². The Morgan fingerprint density at radius 2 is 2.33 bits per heavy atom. The summed E-state index contributed by atoms with van der Waals surface area (Å²) in [5.74, 6) is 0.771. The lowest BCUT2D eigenvalue weighted by Gasteiger charge is -2.09. The number of halogens is 1. The number of carbonyl (C=O) groups is 1. The number of carbonyl (C=O) groups excluding carboxylic acids is 1. The molecule has 0 spiro atoms. The second kappa shape index (κ2) is 7.39. The maximum atomic E-state index is 11.8. The van der Waals surface area contributed by atoms with Crippen LogP contribution in [0.15, 0.2) is 24.3 Å². The predicted molar refractivity (Wildman–Crippen MR) is 76.4 cm³/mol. The molecular formula is C14H21ClN2O. The monoisotopic (exact) mass is 268 g/mol. The van der Waals surface area contributed by atoms with Crippen LogP contribution in [-0.4, -0.2) is 25.5 Å². The van der Waals surface area contributed by atoms with E-state index in [9.17, 15) is 4.79 Å². The third-order valence-corrected chi connectivity index (χ3v) is 3.28. The first-order valence-electron chi connectivity index (χ1n) is 6.31. The van der Waals surface area contributed by atoms with Gasteiger partial charge in [0.15, 0.2) is 0 Å². The Morgan fingerprint density at radius 1 is 1.50 bits per heavy atom. The summed E-state index contributed by atoms with van der Waals surface area (Å²) in [4.78, 5) is 11.8. The van der Waals surface area contributed by atoms with E-state index < -0.39 is 0 Å². The van der Waals surface area contributed by atoms with Gasteiger partial charge in [0.1, 0.15) is 0 Å². The van der Waals surface area contributed by atoms with E-state index in [1.165, 1.54) is 6.42 Å². The van der Waals surface area contributed by atoms with Crippen molar-refractivity contribution >= 4 is 18.3 Å². The van der Waals surface area contributed by atoms with Gasteiger partial charge in [0.2, 0.25) is 0 Å². The van der Waals surface area contributed by atoms with E-state index >= 15 is 0 Å². The maximum absolute atomic E-state index is 11.8. The minimum Gasteiger partial charge on any atom is -0.352 e. The van der Waals surface area contributed by atoms with Crippen molar-refractivity contribution < 1.29 is 4.79 Å². The highest BCUT2D eigenvalue weighted by atomic mass is 35.5. The predicted octanol–water partition coefficient (Wildman–Crippen LogP) is 2.15. The highest BCUT2D eigenvalue weighted by Crippen LogP contribution is 2.11. The Kier molecular flexibility index (Phi) is 6.16. The smallest absolute Gasteiger partial charge is 0.251 e. The third-order valence-electron chi connectivity index (χ3n) is 3.28. The molecule has 4 heteroatoms. The zero-order valence-electron chi connectivity index (χ0n) is 10.7. The van der Waals surface area contributed by atoms with Gasteiger partial charge in [0.05, 0.1) is 0 Å². The topological polar surface area (TPSA) is 41.1 Å². The van der Waals surface area contributed by atoms with E-state index in [0.717, 1.165) is 43.1 Å². The van der Waals surface area contributed by atoms with Gasteiger partial charge >= 0.3 is 0 Å². The van der Waals surface area contributed by atoms with Crippen LogP contribution < -0.4 is 10.6 Å². The van der Waals surface area contributed by atoms with Crippen LogP contribution in [-0.2, 0) is 0 Å². The third kappa shape index (κ3) is 4.31. The molecule has 1 amide bonds. The molecule has 1 aromatic rings. The summed E-state index contributed by atoms with van der Waals surface area (Å²) in [5, 5.41) is 6.32. The number of benzene rings is 1. The molecule has 1 aromatic carbocycles. The molecule has 1 saturated heterocycles. The number of rotatable bonds is 4. The van der Waals surface area contributed by atoms with Gasteiger partial charge in [0.25, 0.3) is 5.91 Å². The summed E-state index contributed by atoms with van der Waals surface area (Å²) in [6, 6.07) is 7.71. The van der Waals surface area contributed by atoms with Crippen molar-refractivity contribution in [1.82, 2.24) is 10.6 Å². The van der Waals surface area contributed by atoms with Crippen molar-refractivity contribution in [3.63, 3.8) is 0 Å². The normalized spacial score (nSPS) is 18.2. The zero-order valence-corrected chi connectivity index (χ0v) is 11.6. The number of hydrogen-bond acceptors (Lipinski definition) is 2. The van der Waals surface area contributed by atoms with Crippen LogP contribution in [0, 0.1) is 12.8 Å². The lowest BCUT2D eigenvalue weighted by Crippen LogP contribution is -2.26. The first-order chi connectivity index (χ1) is 8.25. The SMILES string of the molecule is Cc1cccc(C(=O)NCCC2CCNC2)c1.Cl. The standard InChI is InChI=1S/C14H20N2O.ClH/c1-11-3-2-4-13(9-11)14(17)16-8-6-12-5-7-15-10-12;/h2-4,9,12,15H,5-8,10H2,1H3,(H,16,17);1H. The molecule has 0 aliphatic carbocycles. The van der Waals surface area contributed by atoms with Gasteiger partial charge in [-0.2, -0.15) is 0 Å². The summed E-state index contributed by atoms with van der Waals surface area (Å²) in [7, 11) is 0. The minimum absolute atomic E-state index is 0. The Hall–Kier alpha value is -1.06. The van der Waals surface area contributed by atoms with Crippen molar-refractivity contribution in [1.29, 1.82) is 0 Å². The molecule has 18 heavy (non-hydrogen) atoms. The maximum Gasteiger partial charge on any atom is 0.251 e. The Balaban J connectivity index is 0.00000162. The summed E-state index contributed by atoms with van der Waals surface area (Å²) < 4.78 is 0. The first-order valence-corrected chi connectivity index (χ1v) is 6.31. The zero-order chi connectivity index (χ0) is 12.1. The Morgan fingerprint density at radius 3 is 3.00 bits per heavy atom. The molecule has 1 atom stereocenters. The lowest BCUT2D eigenvalue weighted by molar-refractivity contribution is 0.0951. The lowest BCUT2D eigenvalue weighted by atomic mass is 10.1. The fourth-order valence-corrected chi connectivity index (χ4v) is 2.24. The average molecular weight is 269 g/mol. The van der Waals surface area contributed by atoms with Gasteiger partial charge in [-0.3, -0.25) is 4.79 Å². The summed E-state index contributed by atoms with van der Waals surface area (Å²) >= 11 is 0. The van der Waals surface area contributed by atoms with E-state index in [1.54, 1.807) is 0 Å². The minimum atomic E-state index is 0. The van der Waals surface area contributed by atoms with Gasteiger partial charge < -0.3 is 10.6 Å². The van der Waals surface area contributed by atoms with Gasteiger partial charge in [-0.25, -0.2) is 0 Å². The molecule has 1 aliphatic rings. The average Bonchev–Trinajstić information content (AvgIpc) is 2.82. The molecule has 1 fully saturated rings. The molecule has 2 rings (SSSR count). The second-order valence-electron chi connectivity index (χ2n) is 4.77. The van der Waals surface area contributed by atoms with Gasteiger partial charge in [-0.15, -0.1) is 12.4 Å². The molecule has 0 saturated carbocycles. The van der Waals surface area contributed by atoms with E-state index in [4.69, 9.17) is 0 Å². The van der Waals surface area contributed by atoms with Gasteiger partial charge in [0, 0.05) is 12.1 Å². The van der Waals surface area contributed by atoms with Crippen LogP contribution in [0.2, 0.25) is 0 Å². The van der Waals surface area contributed by atoms with Crippen molar-refractivity contribution in [2.45, 2.75) is 19.8 Å². The van der Waals surface area contributed by atoms with Crippen molar-refractivity contribution in [3.05, 3.63) is 35.4 Å². The molecule has 1 unspecified atom stereocenters. The fraction of sp³-hybridized carbons (Fsp3) is 0.500. The summed E-state index contributed by atoms with van der Waals surface area (Å²) in [5.41, 5.74) is 1.88. The summed E-state index contributed by atoms with van der Waals surface area (Å²) in [6.07, 6.45) is 2.31. The Bertz CT molecular complexity index is 389. The van der Waals surface area contributed by atoms with Crippen molar-refractivity contribution in [2.75, 3.05) is 19.6 Å². The molecule has 3 nitrogen and oxygen atoms in total. The molecular weight excluding hydrogens is 248 g/mol. The van der Waals surface area contributed by atoms with Gasteiger partial charge in [-0.1, -0.05) is 17.7 Å². The number of nitrogens with one attached hydrogen (secondary N) is 2. The van der Waals surface area contributed by atoms with Crippen LogP contribution in [0.5, 0.6) is 0 Å². The molecule has 0 radical (unpaired) electrons. The van der Waals surface area contributed by atoms with Crippen LogP contribution in [0.1, 0.15) is 28.8 Å². The first kappa shape index (κ1) is 15.0. The van der Waals surface area contributed by atoms with Crippen molar-refractivity contribution in [2.24, 2.45) is 5.92 Å². The van der Waals surface area contributed by atoms with Crippen LogP contribution in [0.3, 0.4) is 0 Å². The van der Waals surface area contributed by atoms with E-state index in [-0.39, 0.29) is 18.3 Å². The highest BCUT2D eigenvalue weighted by molar-refractivity contribution is 5.94. The quantitative estimate of drug-likeness (QED) is 0.879. The van der Waals surface area contributed by atoms with Crippen LogP contribution in [0.4, 0.5) is 0 Å². The fourth-order valence-electron chi connectivity index (χ4n) is 2.24. The molecule has 1 aliphatic heterocycles. The largest absolute Gasteiger partial charge is 0.352 e. The molecule has 0 bridgehead atoms. The summed E-state index contributed by atoms with van der Waals surface area (Å²) in [6.45, 7) is 5.00. The number of hydrogen-bond donors (Lipinski definition) is 2. The second-order valence-corrected chi connectivity index (χ2v) is 4.77. The van der Waals surface area contributed by atoms with E-state index in [2.05, 4.69) is 10.6 Å². The van der Waals surface area contributed by atoms with Gasteiger partial charge in [-0.05, 0) is 50.9 Å². The Labute approximate surface area is 115 Å². The molecule has 2 N–H and O–H groups in total. The number of aryl methyl sites for hydroxylation is 1. The highest BCUT2D eigenvalue weighted by Gasteiger charge is 2.14. The molecule has 100 valence electrons. The van der Waals surface area contributed by atoms with Crippen LogP contribution >= 0.6 is 12.4 Å². The van der Waals surface area contributed by atoms with E-state index in [1.807, 2.05) is 31.2 Å². The van der Waals surface area contributed by atoms with E-state index in [0.29, 0.717) is 0 Å². The number of amides is 1. The van der Waals surface area contributed by atoms with Crippen LogP contribution in [0.25, 0.3) is 0 Å². The molecule has 1 heterocycles. The molecule has 0 aromatic heterocycles.